The van der Waals surface area contributed by atoms with Gasteiger partial charge in [0.1, 0.15) is 12.6 Å². The van der Waals surface area contributed by atoms with E-state index in [1.165, 1.54) is 25.1 Å². The topological polar surface area (TPSA) is 90.0 Å². The van der Waals surface area contributed by atoms with E-state index < -0.39 is 10.0 Å². The number of nitrogens with one attached hydrogen (secondary N) is 1. The van der Waals surface area contributed by atoms with Crippen molar-refractivity contribution in [2.45, 2.75) is 50.0 Å². The van der Waals surface area contributed by atoms with E-state index in [1.54, 1.807) is 12.1 Å². The van der Waals surface area contributed by atoms with Gasteiger partial charge in [-0.25, -0.2) is 12.7 Å². The second kappa shape index (κ2) is 10.9. The van der Waals surface area contributed by atoms with Crippen molar-refractivity contribution < 1.29 is 18.0 Å². The molecule has 32 heavy (non-hydrogen) atoms. The summed E-state index contributed by atoms with van der Waals surface area (Å²) in [5.74, 6) is 1.74. The normalized spacial score (nSPS) is 18.5. The predicted octanol–water partition coefficient (Wildman–Crippen LogP) is 2.29. The van der Waals surface area contributed by atoms with Crippen LogP contribution < -0.4 is 15.1 Å². The number of nitrogens with zero attached hydrogens (tertiary/aromatic N) is 3. The third-order valence-electron chi connectivity index (χ3n) is 5.82. The minimum absolute atomic E-state index is 0.107. The van der Waals surface area contributed by atoms with Crippen LogP contribution in [0.2, 0.25) is 0 Å². The average Bonchev–Trinajstić information content (AvgIpc) is 2.78. The highest BCUT2D eigenvalue weighted by Gasteiger charge is 2.40. The van der Waals surface area contributed by atoms with Crippen LogP contribution in [0.4, 0.5) is 11.4 Å². The second-order valence-corrected chi connectivity index (χ2v) is 11.8. The van der Waals surface area contributed by atoms with Crippen LogP contribution in [-0.2, 0) is 19.6 Å². The van der Waals surface area contributed by atoms with Gasteiger partial charge < -0.3 is 10.2 Å². The van der Waals surface area contributed by atoms with Crippen molar-refractivity contribution in [1.82, 2.24) is 9.62 Å². The molecule has 1 saturated heterocycles. The quantitative estimate of drug-likeness (QED) is 0.515. The first-order valence-electron chi connectivity index (χ1n) is 11.3. The van der Waals surface area contributed by atoms with Gasteiger partial charge in [-0.3, -0.25) is 14.5 Å². The molecule has 0 radical (unpaired) electrons. The van der Waals surface area contributed by atoms with E-state index in [1.807, 2.05) is 11.8 Å². The molecule has 0 bridgehead atoms. The van der Waals surface area contributed by atoms with Gasteiger partial charge in [0, 0.05) is 27.2 Å². The number of thioether (sulfide) groups is 1. The minimum atomic E-state index is -3.66. The third-order valence-corrected chi connectivity index (χ3v) is 8.90. The van der Waals surface area contributed by atoms with Gasteiger partial charge >= 0.3 is 0 Å². The Morgan fingerprint density at radius 3 is 2.72 bits per heavy atom. The molecule has 1 aromatic rings. The zero-order valence-corrected chi connectivity index (χ0v) is 20.8. The molecule has 178 valence electrons. The Labute approximate surface area is 195 Å². The number of benzene rings is 1. The van der Waals surface area contributed by atoms with E-state index in [2.05, 4.69) is 17.1 Å². The van der Waals surface area contributed by atoms with Crippen LogP contribution >= 0.6 is 11.8 Å². The zero-order chi connectivity index (χ0) is 23.3. The van der Waals surface area contributed by atoms with E-state index in [0.29, 0.717) is 12.2 Å². The van der Waals surface area contributed by atoms with Crippen molar-refractivity contribution in [1.29, 1.82) is 0 Å². The number of anilines is 2. The molecule has 2 heterocycles. The van der Waals surface area contributed by atoms with E-state index >= 15 is 0 Å². The standard InChI is InChI=1S/C22H34N4O4S2/c1-4-13-31-14-7-11-23-21(27)16-26-20-15-17(32(29,30)24(2)3)9-10-18(20)25-12-6-5-8-19(25)22(26)28/h9-10,15,19H,4-8,11-14,16H2,1-3H3,(H,23,27)/t19-/m0/s1. The largest absolute Gasteiger partial charge is 0.358 e. The van der Waals surface area contributed by atoms with E-state index in [9.17, 15) is 18.0 Å². The van der Waals surface area contributed by atoms with Crippen molar-refractivity contribution in [3.8, 4) is 0 Å². The van der Waals surface area contributed by atoms with Crippen LogP contribution in [0, 0.1) is 0 Å². The molecule has 0 aliphatic carbocycles. The average molecular weight is 483 g/mol. The van der Waals surface area contributed by atoms with Crippen molar-refractivity contribution in [3.63, 3.8) is 0 Å². The summed E-state index contributed by atoms with van der Waals surface area (Å²) in [6.07, 6.45) is 4.70. The van der Waals surface area contributed by atoms with Crippen LogP contribution in [0.3, 0.4) is 0 Å². The first-order valence-corrected chi connectivity index (χ1v) is 13.9. The summed E-state index contributed by atoms with van der Waals surface area (Å²) in [4.78, 5) is 29.6. The fourth-order valence-electron chi connectivity index (χ4n) is 4.12. The molecule has 1 N–H and O–H groups in total. The van der Waals surface area contributed by atoms with Gasteiger partial charge in [-0.05, 0) is 61.8 Å². The zero-order valence-electron chi connectivity index (χ0n) is 19.2. The predicted molar refractivity (Wildman–Crippen MR) is 130 cm³/mol. The summed E-state index contributed by atoms with van der Waals surface area (Å²) in [6, 6.07) is 4.58. The first kappa shape index (κ1) is 24.9. The smallest absolute Gasteiger partial charge is 0.250 e. The number of piperidine rings is 1. The fourth-order valence-corrected chi connectivity index (χ4v) is 5.88. The van der Waals surface area contributed by atoms with Crippen molar-refractivity contribution in [2.75, 3.05) is 55.0 Å². The maximum Gasteiger partial charge on any atom is 0.250 e. The van der Waals surface area contributed by atoms with Gasteiger partial charge in [0.2, 0.25) is 21.8 Å². The molecule has 8 nitrogen and oxygen atoms in total. The summed E-state index contributed by atoms with van der Waals surface area (Å²) >= 11 is 1.87. The Morgan fingerprint density at radius 1 is 1.22 bits per heavy atom. The Morgan fingerprint density at radius 2 is 2.00 bits per heavy atom. The Kier molecular flexibility index (Phi) is 8.46. The number of carbonyl (C=O) groups is 2. The number of amides is 2. The van der Waals surface area contributed by atoms with Crippen LogP contribution in [-0.4, -0.2) is 75.8 Å². The monoisotopic (exact) mass is 482 g/mol. The highest BCUT2D eigenvalue weighted by Crippen LogP contribution is 2.40. The molecular weight excluding hydrogens is 448 g/mol. The molecule has 1 fully saturated rings. The van der Waals surface area contributed by atoms with Crippen LogP contribution in [0.5, 0.6) is 0 Å². The maximum atomic E-state index is 13.3. The van der Waals surface area contributed by atoms with Crippen LogP contribution in [0.1, 0.15) is 39.0 Å². The minimum Gasteiger partial charge on any atom is -0.358 e. The van der Waals surface area contributed by atoms with Crippen LogP contribution in [0.25, 0.3) is 0 Å². The summed E-state index contributed by atoms with van der Waals surface area (Å²) in [7, 11) is -0.707. The molecular formula is C22H34N4O4S2. The third kappa shape index (κ3) is 5.40. The molecule has 10 heteroatoms. The number of hydrogen-bond donors (Lipinski definition) is 1. The Balaban J connectivity index is 1.82. The van der Waals surface area contributed by atoms with Gasteiger partial charge in [0.15, 0.2) is 0 Å². The van der Waals surface area contributed by atoms with Gasteiger partial charge in [-0.1, -0.05) is 6.92 Å². The lowest BCUT2D eigenvalue weighted by Gasteiger charge is -2.45. The van der Waals surface area contributed by atoms with Crippen LogP contribution in [0.15, 0.2) is 23.1 Å². The number of rotatable bonds is 10. The van der Waals surface area contributed by atoms with Gasteiger partial charge in [0.05, 0.1) is 16.3 Å². The molecule has 3 rings (SSSR count). The van der Waals surface area contributed by atoms with Gasteiger partial charge in [-0.2, -0.15) is 11.8 Å². The lowest BCUT2D eigenvalue weighted by molar-refractivity contribution is -0.125. The molecule has 2 aliphatic rings. The molecule has 0 aromatic heterocycles. The molecule has 1 atom stereocenters. The molecule has 1 aromatic carbocycles. The van der Waals surface area contributed by atoms with Crippen molar-refractivity contribution in [2.24, 2.45) is 0 Å². The summed E-state index contributed by atoms with van der Waals surface area (Å²) in [6.45, 7) is 3.35. The van der Waals surface area contributed by atoms with Gasteiger partial charge in [-0.15, -0.1) is 0 Å². The number of hydrogen-bond acceptors (Lipinski definition) is 6. The SMILES string of the molecule is CCCSCCCNC(=O)CN1C(=O)[C@@H]2CCCCN2c2ccc(S(=O)(=O)N(C)C)cc21. The first-order chi connectivity index (χ1) is 15.3. The van der Waals surface area contributed by atoms with Gasteiger partial charge in [0.25, 0.3) is 0 Å². The second-order valence-electron chi connectivity index (χ2n) is 8.38. The fraction of sp³-hybridized carbons (Fsp3) is 0.636. The maximum absolute atomic E-state index is 13.3. The summed E-state index contributed by atoms with van der Waals surface area (Å²) < 4.78 is 26.5. The highest BCUT2D eigenvalue weighted by atomic mass is 32.2. The summed E-state index contributed by atoms with van der Waals surface area (Å²) in [5, 5.41) is 2.91. The van der Waals surface area contributed by atoms with Crippen molar-refractivity contribution >= 4 is 45.0 Å². The van der Waals surface area contributed by atoms with E-state index in [0.717, 1.165) is 60.1 Å². The lowest BCUT2D eigenvalue weighted by atomic mass is 9.96. The molecule has 0 saturated carbocycles. The van der Waals surface area contributed by atoms with Crippen molar-refractivity contribution in [3.05, 3.63) is 18.2 Å². The molecule has 2 amide bonds. The number of carbonyl (C=O) groups excluding carboxylic acids is 2. The molecule has 0 unspecified atom stereocenters. The number of sulfonamides is 1. The van der Waals surface area contributed by atoms with E-state index in [-0.39, 0.29) is 29.3 Å². The van der Waals surface area contributed by atoms with E-state index in [4.69, 9.17) is 0 Å². The Hall–Kier alpha value is -1.78. The summed E-state index contributed by atoms with van der Waals surface area (Å²) in [5.41, 5.74) is 1.31. The molecule has 0 spiro atoms. The lowest BCUT2D eigenvalue weighted by Crippen LogP contribution is -2.57. The molecule has 2 aliphatic heterocycles. The number of fused-ring (bicyclic) bond motifs is 3. The highest BCUT2D eigenvalue weighted by molar-refractivity contribution is 7.99. The Bertz CT molecular complexity index is 936.